The molecule has 1 atom stereocenters. The van der Waals surface area contributed by atoms with E-state index in [-0.39, 0.29) is 5.91 Å². The number of nitrogens with two attached hydrogens (primary N) is 1. The third kappa shape index (κ3) is 3.69. The van der Waals surface area contributed by atoms with Gasteiger partial charge in [0, 0.05) is 17.6 Å². The molecule has 1 unspecified atom stereocenters. The molecule has 1 aliphatic rings. The van der Waals surface area contributed by atoms with Gasteiger partial charge in [-0.05, 0) is 37.6 Å². The highest BCUT2D eigenvalue weighted by Crippen LogP contribution is 2.20. The zero-order valence-electron chi connectivity index (χ0n) is 11.6. The van der Waals surface area contributed by atoms with Crippen LogP contribution in [0.4, 0.5) is 0 Å². The van der Waals surface area contributed by atoms with Gasteiger partial charge in [0.15, 0.2) is 0 Å². The minimum Gasteiger partial charge on any atom is -0.350 e. The van der Waals surface area contributed by atoms with Crippen LogP contribution in [0.2, 0.25) is 0 Å². The normalized spacial score (nSPS) is 18.1. The fraction of sp³-hybridized carbons (Fsp3) is 0.400. The van der Waals surface area contributed by atoms with Crippen LogP contribution in [-0.4, -0.2) is 25.5 Å². The molecule has 4 nitrogen and oxygen atoms in total. The molecule has 1 amide bonds. The van der Waals surface area contributed by atoms with Crippen LogP contribution in [0.15, 0.2) is 40.4 Å². The number of amides is 1. The van der Waals surface area contributed by atoms with Crippen LogP contribution < -0.4 is 16.4 Å². The average molecular weight is 338 g/mol. The van der Waals surface area contributed by atoms with Crippen LogP contribution in [0.5, 0.6) is 0 Å². The Balaban J connectivity index is 1.99. The van der Waals surface area contributed by atoms with E-state index >= 15 is 0 Å². The van der Waals surface area contributed by atoms with Gasteiger partial charge in [-0.3, -0.25) is 4.79 Å². The van der Waals surface area contributed by atoms with Crippen LogP contribution in [0.25, 0.3) is 0 Å². The molecule has 0 aromatic heterocycles. The van der Waals surface area contributed by atoms with Gasteiger partial charge in [-0.2, -0.15) is 0 Å². The van der Waals surface area contributed by atoms with E-state index in [2.05, 4.69) is 32.6 Å². The first kappa shape index (κ1) is 15.2. The summed E-state index contributed by atoms with van der Waals surface area (Å²) in [7, 11) is 0. The van der Waals surface area contributed by atoms with E-state index in [4.69, 9.17) is 5.73 Å². The zero-order valence-corrected chi connectivity index (χ0v) is 13.2. The molecule has 5 heteroatoms. The van der Waals surface area contributed by atoms with Crippen molar-refractivity contribution in [2.45, 2.75) is 18.9 Å². The van der Waals surface area contributed by atoms with E-state index in [1.165, 1.54) is 5.57 Å². The number of halogens is 1. The lowest BCUT2D eigenvalue weighted by Crippen LogP contribution is -2.49. The molecule has 0 radical (unpaired) electrons. The number of carbonyl (C=O) groups is 1. The van der Waals surface area contributed by atoms with Gasteiger partial charge in [-0.15, -0.1) is 0 Å². The van der Waals surface area contributed by atoms with E-state index in [1.807, 2.05) is 24.3 Å². The Morgan fingerprint density at radius 1 is 1.45 bits per heavy atom. The second kappa shape index (κ2) is 6.52. The lowest BCUT2D eigenvalue weighted by Gasteiger charge is -2.25. The van der Waals surface area contributed by atoms with E-state index in [1.54, 1.807) is 6.92 Å². The van der Waals surface area contributed by atoms with E-state index in [9.17, 15) is 4.79 Å². The second-order valence-electron chi connectivity index (χ2n) is 5.21. The Hall–Kier alpha value is -1.17. The van der Waals surface area contributed by atoms with Crippen molar-refractivity contribution in [2.75, 3.05) is 19.6 Å². The molecule has 1 aromatic rings. The standard InChI is InChI=1S/C15H20BrN3O/c1-15(17,12-2-4-13(16)5-3-12)14(20)19-10-11-6-8-18-9-7-11/h2-6,18H,7-10,17H2,1H3,(H,19,20). The summed E-state index contributed by atoms with van der Waals surface area (Å²) in [4.78, 5) is 12.3. The van der Waals surface area contributed by atoms with Gasteiger partial charge in [-0.25, -0.2) is 0 Å². The van der Waals surface area contributed by atoms with Crippen molar-refractivity contribution in [1.82, 2.24) is 10.6 Å². The molecule has 1 aromatic carbocycles. The Morgan fingerprint density at radius 2 is 2.15 bits per heavy atom. The molecule has 1 heterocycles. The molecule has 4 N–H and O–H groups in total. The van der Waals surface area contributed by atoms with Crippen LogP contribution in [0.3, 0.4) is 0 Å². The lowest BCUT2D eigenvalue weighted by molar-refractivity contribution is -0.125. The maximum Gasteiger partial charge on any atom is 0.244 e. The van der Waals surface area contributed by atoms with Gasteiger partial charge in [-0.1, -0.05) is 39.7 Å². The summed E-state index contributed by atoms with van der Waals surface area (Å²) < 4.78 is 0.970. The molecule has 0 saturated heterocycles. The van der Waals surface area contributed by atoms with Crippen molar-refractivity contribution in [1.29, 1.82) is 0 Å². The van der Waals surface area contributed by atoms with Crippen LogP contribution in [-0.2, 0) is 10.3 Å². The number of hydrogen-bond donors (Lipinski definition) is 3. The summed E-state index contributed by atoms with van der Waals surface area (Å²) in [5, 5.41) is 6.18. The summed E-state index contributed by atoms with van der Waals surface area (Å²) in [6.07, 6.45) is 3.09. The number of benzene rings is 1. The monoisotopic (exact) mass is 337 g/mol. The van der Waals surface area contributed by atoms with Crippen molar-refractivity contribution in [3.8, 4) is 0 Å². The quantitative estimate of drug-likeness (QED) is 0.732. The highest BCUT2D eigenvalue weighted by molar-refractivity contribution is 9.10. The van der Waals surface area contributed by atoms with Crippen molar-refractivity contribution in [3.63, 3.8) is 0 Å². The fourth-order valence-corrected chi connectivity index (χ4v) is 2.40. The minimum atomic E-state index is -1.02. The van der Waals surface area contributed by atoms with Gasteiger partial charge in [0.25, 0.3) is 0 Å². The summed E-state index contributed by atoms with van der Waals surface area (Å²) in [6, 6.07) is 7.52. The second-order valence-corrected chi connectivity index (χ2v) is 6.12. The van der Waals surface area contributed by atoms with E-state index in [0.717, 1.165) is 29.5 Å². The predicted octanol–water partition coefficient (Wildman–Crippen LogP) is 1.66. The Bertz CT molecular complexity index is 508. The van der Waals surface area contributed by atoms with Gasteiger partial charge in [0.1, 0.15) is 5.54 Å². The lowest BCUT2D eigenvalue weighted by atomic mass is 9.92. The predicted molar refractivity (Wildman–Crippen MR) is 84.3 cm³/mol. The number of nitrogens with one attached hydrogen (secondary N) is 2. The number of carbonyl (C=O) groups excluding carboxylic acids is 1. The largest absolute Gasteiger partial charge is 0.350 e. The molecule has 0 saturated carbocycles. The van der Waals surface area contributed by atoms with Crippen molar-refractivity contribution < 1.29 is 4.79 Å². The summed E-state index contributed by atoms with van der Waals surface area (Å²) in [5.74, 6) is -0.153. The van der Waals surface area contributed by atoms with Gasteiger partial charge in [0.05, 0.1) is 0 Å². The highest BCUT2D eigenvalue weighted by Gasteiger charge is 2.30. The summed E-state index contributed by atoms with van der Waals surface area (Å²) in [5.41, 5.74) is 7.23. The third-order valence-electron chi connectivity index (χ3n) is 3.55. The SMILES string of the molecule is CC(N)(C(=O)NCC1=CCNCC1)c1ccc(Br)cc1. The molecule has 0 bridgehead atoms. The first-order valence-corrected chi connectivity index (χ1v) is 7.51. The first-order valence-electron chi connectivity index (χ1n) is 6.72. The Labute approximate surface area is 127 Å². The van der Waals surface area contributed by atoms with Crippen LogP contribution >= 0.6 is 15.9 Å². The maximum absolute atomic E-state index is 12.3. The smallest absolute Gasteiger partial charge is 0.244 e. The summed E-state index contributed by atoms with van der Waals surface area (Å²) in [6.45, 7) is 4.15. The van der Waals surface area contributed by atoms with Gasteiger partial charge in [0.2, 0.25) is 5.91 Å². The van der Waals surface area contributed by atoms with Crippen molar-refractivity contribution in [3.05, 3.63) is 46.0 Å². The Morgan fingerprint density at radius 3 is 2.75 bits per heavy atom. The van der Waals surface area contributed by atoms with Crippen molar-refractivity contribution >= 4 is 21.8 Å². The van der Waals surface area contributed by atoms with E-state index < -0.39 is 5.54 Å². The third-order valence-corrected chi connectivity index (χ3v) is 4.08. The van der Waals surface area contributed by atoms with E-state index in [0.29, 0.717) is 6.54 Å². The molecule has 0 spiro atoms. The maximum atomic E-state index is 12.3. The highest BCUT2D eigenvalue weighted by atomic mass is 79.9. The molecule has 20 heavy (non-hydrogen) atoms. The number of hydrogen-bond acceptors (Lipinski definition) is 3. The zero-order chi connectivity index (χ0) is 14.6. The first-order chi connectivity index (χ1) is 9.50. The van der Waals surface area contributed by atoms with Gasteiger partial charge >= 0.3 is 0 Å². The molecule has 0 aliphatic carbocycles. The minimum absolute atomic E-state index is 0.153. The topological polar surface area (TPSA) is 67.2 Å². The molecule has 2 rings (SSSR count). The average Bonchev–Trinajstić information content (AvgIpc) is 2.46. The molecule has 108 valence electrons. The molecular weight excluding hydrogens is 318 g/mol. The van der Waals surface area contributed by atoms with Crippen LogP contribution in [0, 0.1) is 0 Å². The summed E-state index contributed by atoms with van der Waals surface area (Å²) >= 11 is 3.38. The van der Waals surface area contributed by atoms with Crippen LogP contribution in [0.1, 0.15) is 18.9 Å². The van der Waals surface area contributed by atoms with Gasteiger partial charge < -0.3 is 16.4 Å². The number of rotatable bonds is 4. The Kier molecular flexibility index (Phi) is 4.96. The van der Waals surface area contributed by atoms with Crippen molar-refractivity contribution in [2.24, 2.45) is 5.73 Å². The fourth-order valence-electron chi connectivity index (χ4n) is 2.13. The molecular formula is C15H20BrN3O. The molecule has 0 fully saturated rings. The molecule has 1 aliphatic heterocycles.